The van der Waals surface area contributed by atoms with Crippen molar-refractivity contribution in [3.63, 3.8) is 0 Å². The molecule has 10 nitrogen and oxygen atoms in total. The van der Waals surface area contributed by atoms with Crippen LogP contribution in [0.15, 0.2) is 49.2 Å². The molecule has 11 heteroatoms. The van der Waals surface area contributed by atoms with Crippen LogP contribution in [-0.4, -0.2) is 54.9 Å². The van der Waals surface area contributed by atoms with Crippen LogP contribution in [0.5, 0.6) is 5.88 Å². The normalized spacial score (nSPS) is 12.0. The van der Waals surface area contributed by atoms with Gasteiger partial charge >= 0.3 is 0 Å². The monoisotopic (exact) mass is 453 g/mol. The molecule has 0 aliphatic heterocycles. The highest BCUT2D eigenvalue weighted by molar-refractivity contribution is 6.32. The SMILES string of the molecule is CCOCC(Oc1ncnc2c1cnn2-c1ncccc1Cl)C(=O)Nc1ccc(C)cn1. The van der Waals surface area contributed by atoms with Gasteiger partial charge in [0.2, 0.25) is 12.0 Å². The van der Waals surface area contributed by atoms with Crippen LogP contribution in [0.2, 0.25) is 5.02 Å². The number of nitrogens with zero attached hydrogens (tertiary/aromatic N) is 6. The summed E-state index contributed by atoms with van der Waals surface area (Å²) < 4.78 is 12.9. The standard InChI is InChI=1S/C21H20ClN7O3/c1-3-31-11-16(20(30)28-17-7-6-13(2)9-24-17)32-21-14-10-27-29(18(14)25-12-26-21)19-15(22)5-4-8-23-19/h4-10,12,16H,3,11H2,1-2H3,(H,24,28,30). The first kappa shape index (κ1) is 21.6. The number of carbonyl (C=O) groups is 1. The fourth-order valence-corrected chi connectivity index (χ4v) is 3.08. The summed E-state index contributed by atoms with van der Waals surface area (Å²) in [5, 5.41) is 7.97. The molecule has 0 spiro atoms. The third-order valence-electron chi connectivity index (χ3n) is 4.45. The molecule has 0 bridgehead atoms. The molecule has 1 N–H and O–H groups in total. The number of amides is 1. The zero-order chi connectivity index (χ0) is 22.5. The number of aromatic nitrogens is 6. The summed E-state index contributed by atoms with van der Waals surface area (Å²) in [5.74, 6) is 0.603. The van der Waals surface area contributed by atoms with Crippen molar-refractivity contribution in [1.29, 1.82) is 0 Å². The number of hydrogen-bond acceptors (Lipinski definition) is 8. The van der Waals surface area contributed by atoms with E-state index in [1.807, 2.05) is 19.9 Å². The van der Waals surface area contributed by atoms with Crippen molar-refractivity contribution in [3.8, 4) is 11.7 Å². The van der Waals surface area contributed by atoms with Crippen molar-refractivity contribution in [2.45, 2.75) is 20.0 Å². The van der Waals surface area contributed by atoms with Gasteiger partial charge in [-0.3, -0.25) is 4.79 Å². The first-order valence-electron chi connectivity index (χ1n) is 9.84. The second kappa shape index (κ2) is 9.67. The summed E-state index contributed by atoms with van der Waals surface area (Å²) >= 11 is 6.25. The maximum atomic E-state index is 12.9. The smallest absolute Gasteiger partial charge is 0.269 e. The molecule has 164 valence electrons. The molecule has 1 unspecified atom stereocenters. The molecular formula is C21H20ClN7O3. The molecule has 0 radical (unpaired) electrons. The highest BCUT2D eigenvalue weighted by atomic mass is 35.5. The zero-order valence-electron chi connectivity index (χ0n) is 17.4. The van der Waals surface area contributed by atoms with Crippen LogP contribution >= 0.6 is 11.6 Å². The quantitative estimate of drug-likeness (QED) is 0.432. The first-order chi connectivity index (χ1) is 15.6. The number of halogens is 1. The van der Waals surface area contributed by atoms with Gasteiger partial charge in [0.15, 0.2) is 11.5 Å². The maximum Gasteiger partial charge on any atom is 0.269 e. The molecule has 0 fully saturated rings. The molecule has 0 saturated carbocycles. The first-order valence-corrected chi connectivity index (χ1v) is 10.2. The zero-order valence-corrected chi connectivity index (χ0v) is 18.2. The molecule has 4 heterocycles. The Morgan fingerprint density at radius 1 is 1.19 bits per heavy atom. The molecule has 1 amide bonds. The van der Waals surface area contributed by atoms with E-state index >= 15 is 0 Å². The third-order valence-corrected chi connectivity index (χ3v) is 4.75. The predicted molar refractivity (Wildman–Crippen MR) is 118 cm³/mol. The number of fused-ring (bicyclic) bond motifs is 1. The highest BCUT2D eigenvalue weighted by Crippen LogP contribution is 2.26. The summed E-state index contributed by atoms with van der Waals surface area (Å²) in [6.07, 6.45) is 5.16. The summed E-state index contributed by atoms with van der Waals surface area (Å²) in [4.78, 5) is 29.8. The van der Waals surface area contributed by atoms with Crippen LogP contribution in [-0.2, 0) is 9.53 Å². The highest BCUT2D eigenvalue weighted by Gasteiger charge is 2.24. The molecule has 4 aromatic heterocycles. The Morgan fingerprint density at radius 2 is 2.06 bits per heavy atom. The minimum atomic E-state index is -0.974. The summed E-state index contributed by atoms with van der Waals surface area (Å²) in [6, 6.07) is 7.00. The van der Waals surface area contributed by atoms with Crippen LogP contribution in [0.25, 0.3) is 16.9 Å². The fraction of sp³-hybridized carbons (Fsp3) is 0.238. The molecule has 4 rings (SSSR count). The predicted octanol–water partition coefficient (Wildman–Crippen LogP) is 2.99. The number of hydrogen-bond donors (Lipinski definition) is 1. The molecule has 0 saturated heterocycles. The average Bonchev–Trinajstić information content (AvgIpc) is 3.23. The lowest BCUT2D eigenvalue weighted by Crippen LogP contribution is -2.37. The second-order valence-electron chi connectivity index (χ2n) is 6.76. The number of anilines is 1. The van der Waals surface area contributed by atoms with E-state index in [1.54, 1.807) is 30.6 Å². The van der Waals surface area contributed by atoms with Crippen molar-refractivity contribution in [3.05, 3.63) is 59.8 Å². The minimum Gasteiger partial charge on any atom is -0.461 e. The van der Waals surface area contributed by atoms with E-state index in [-0.39, 0.29) is 12.5 Å². The molecule has 0 aromatic carbocycles. The van der Waals surface area contributed by atoms with Gasteiger partial charge in [0.05, 0.1) is 17.8 Å². The Bertz CT molecular complexity index is 1230. The van der Waals surface area contributed by atoms with Gasteiger partial charge in [-0.2, -0.15) is 9.78 Å². The summed E-state index contributed by atoms with van der Waals surface area (Å²) in [5.41, 5.74) is 1.42. The van der Waals surface area contributed by atoms with Gasteiger partial charge in [0.25, 0.3) is 5.91 Å². The van der Waals surface area contributed by atoms with Crippen molar-refractivity contribution >= 4 is 34.4 Å². The van der Waals surface area contributed by atoms with Crippen LogP contribution < -0.4 is 10.1 Å². The lowest BCUT2D eigenvalue weighted by atomic mass is 10.3. The van der Waals surface area contributed by atoms with Crippen LogP contribution in [0.3, 0.4) is 0 Å². The lowest BCUT2D eigenvalue weighted by Gasteiger charge is -2.18. The van der Waals surface area contributed by atoms with E-state index in [2.05, 4.69) is 30.4 Å². The van der Waals surface area contributed by atoms with Crippen molar-refractivity contribution in [2.75, 3.05) is 18.5 Å². The largest absolute Gasteiger partial charge is 0.461 e. The Labute approximate surface area is 188 Å². The van der Waals surface area contributed by atoms with Crippen molar-refractivity contribution < 1.29 is 14.3 Å². The van der Waals surface area contributed by atoms with E-state index in [9.17, 15) is 4.79 Å². The molecule has 4 aromatic rings. The lowest BCUT2D eigenvalue weighted by molar-refractivity contribution is -0.125. The molecule has 0 aliphatic carbocycles. The number of aryl methyl sites for hydroxylation is 1. The van der Waals surface area contributed by atoms with Crippen LogP contribution in [0.1, 0.15) is 12.5 Å². The number of carbonyl (C=O) groups excluding carboxylic acids is 1. The van der Waals surface area contributed by atoms with Gasteiger partial charge in [-0.1, -0.05) is 17.7 Å². The van der Waals surface area contributed by atoms with Gasteiger partial charge < -0.3 is 14.8 Å². The number of nitrogens with one attached hydrogen (secondary N) is 1. The van der Waals surface area contributed by atoms with Gasteiger partial charge in [-0.15, -0.1) is 0 Å². The second-order valence-corrected chi connectivity index (χ2v) is 7.16. The number of rotatable bonds is 8. The van der Waals surface area contributed by atoms with Crippen LogP contribution in [0, 0.1) is 6.92 Å². The molecule has 1 atom stereocenters. The average molecular weight is 454 g/mol. The number of pyridine rings is 2. The van der Waals surface area contributed by atoms with Crippen LogP contribution in [0.4, 0.5) is 5.82 Å². The summed E-state index contributed by atoms with van der Waals surface area (Å²) in [7, 11) is 0. The van der Waals surface area contributed by atoms with Crippen molar-refractivity contribution in [1.82, 2.24) is 29.7 Å². The van der Waals surface area contributed by atoms with E-state index in [0.29, 0.717) is 34.3 Å². The Kier molecular flexibility index (Phi) is 6.52. The summed E-state index contributed by atoms with van der Waals surface area (Å²) in [6.45, 7) is 4.20. The Balaban J connectivity index is 1.62. The van der Waals surface area contributed by atoms with Gasteiger partial charge in [-0.25, -0.2) is 19.9 Å². The van der Waals surface area contributed by atoms with E-state index in [1.165, 1.54) is 17.2 Å². The van der Waals surface area contributed by atoms with E-state index < -0.39 is 12.0 Å². The fourth-order valence-electron chi connectivity index (χ4n) is 2.88. The van der Waals surface area contributed by atoms with Gasteiger partial charge in [0, 0.05) is 19.0 Å². The van der Waals surface area contributed by atoms with E-state index in [4.69, 9.17) is 21.1 Å². The van der Waals surface area contributed by atoms with Gasteiger partial charge in [0.1, 0.15) is 17.5 Å². The molecular weight excluding hydrogens is 434 g/mol. The topological polar surface area (TPSA) is 117 Å². The number of ether oxygens (including phenoxy) is 2. The van der Waals surface area contributed by atoms with Crippen molar-refractivity contribution in [2.24, 2.45) is 0 Å². The Hall–Kier alpha value is -3.63. The Morgan fingerprint density at radius 3 is 2.81 bits per heavy atom. The third kappa shape index (κ3) is 4.66. The molecule has 32 heavy (non-hydrogen) atoms. The van der Waals surface area contributed by atoms with Gasteiger partial charge in [-0.05, 0) is 37.6 Å². The van der Waals surface area contributed by atoms with E-state index in [0.717, 1.165) is 5.56 Å². The molecule has 0 aliphatic rings. The maximum absolute atomic E-state index is 12.9. The minimum absolute atomic E-state index is 0.0277.